The van der Waals surface area contributed by atoms with Gasteiger partial charge in [0.1, 0.15) is 5.15 Å². The van der Waals surface area contributed by atoms with E-state index in [-0.39, 0.29) is 6.79 Å². The topological polar surface area (TPSA) is 31.4 Å². The molecule has 0 amide bonds. The maximum absolute atomic E-state index is 5.79. The zero-order valence-corrected chi connectivity index (χ0v) is 7.91. The number of rotatable bonds is 0. The largest absolute Gasteiger partial charge is 0.454 e. The number of ether oxygens (including phenoxy) is 2. The molecule has 0 fully saturated rings. The van der Waals surface area contributed by atoms with E-state index in [1.54, 1.807) is 6.07 Å². The van der Waals surface area contributed by atoms with E-state index in [0.717, 1.165) is 22.4 Å². The molecular weight excluding hydrogens is 202 g/mol. The van der Waals surface area contributed by atoms with E-state index >= 15 is 0 Å². The molecule has 1 aromatic carbocycles. The number of hydrogen-bond acceptors (Lipinski definition) is 3. The number of benzene rings is 1. The second kappa shape index (κ2) is 2.75. The highest BCUT2D eigenvalue weighted by molar-refractivity contribution is 6.29. The van der Waals surface area contributed by atoms with Crippen LogP contribution in [0.25, 0.3) is 10.9 Å². The summed E-state index contributed by atoms with van der Waals surface area (Å²) in [5.41, 5.74) is 0.821. The van der Waals surface area contributed by atoms with E-state index in [2.05, 4.69) is 4.98 Å². The second-order valence-corrected chi connectivity index (χ2v) is 3.42. The zero-order chi connectivity index (χ0) is 9.54. The van der Waals surface area contributed by atoms with Crippen molar-refractivity contribution < 1.29 is 9.47 Å². The van der Waals surface area contributed by atoms with E-state index in [9.17, 15) is 0 Å². The molecule has 0 unspecified atom stereocenters. The lowest BCUT2D eigenvalue weighted by Gasteiger charge is -1.99. The number of halogens is 1. The van der Waals surface area contributed by atoms with Gasteiger partial charge in [-0.15, -0.1) is 0 Å². The highest BCUT2D eigenvalue weighted by atomic mass is 35.5. The molecule has 3 rings (SSSR count). The molecule has 0 saturated heterocycles. The molecule has 0 atom stereocenters. The van der Waals surface area contributed by atoms with Crippen molar-refractivity contribution >= 4 is 22.5 Å². The molecule has 0 spiro atoms. The molecule has 70 valence electrons. The number of pyridine rings is 1. The van der Waals surface area contributed by atoms with Crippen molar-refractivity contribution in [2.24, 2.45) is 0 Å². The first-order valence-electron chi connectivity index (χ1n) is 4.19. The molecule has 0 N–H and O–H groups in total. The van der Waals surface area contributed by atoms with Crippen molar-refractivity contribution in [2.75, 3.05) is 6.79 Å². The van der Waals surface area contributed by atoms with E-state index in [1.165, 1.54) is 0 Å². The summed E-state index contributed by atoms with van der Waals surface area (Å²) in [6.45, 7) is 0.277. The molecule has 0 aliphatic carbocycles. The van der Waals surface area contributed by atoms with Crippen LogP contribution in [0, 0.1) is 0 Å². The van der Waals surface area contributed by atoms with Gasteiger partial charge in [-0.3, -0.25) is 0 Å². The Bertz CT molecular complexity index is 513. The summed E-state index contributed by atoms with van der Waals surface area (Å²) in [5.74, 6) is 1.49. The van der Waals surface area contributed by atoms with Gasteiger partial charge in [0.05, 0.1) is 5.52 Å². The summed E-state index contributed by atoms with van der Waals surface area (Å²) < 4.78 is 10.5. The van der Waals surface area contributed by atoms with Gasteiger partial charge < -0.3 is 9.47 Å². The van der Waals surface area contributed by atoms with Crippen LogP contribution in [0.2, 0.25) is 5.15 Å². The summed E-state index contributed by atoms with van der Waals surface area (Å²) in [6.07, 6.45) is 0. The first-order valence-corrected chi connectivity index (χ1v) is 4.57. The Hall–Kier alpha value is -1.48. The van der Waals surface area contributed by atoms with Gasteiger partial charge in [0, 0.05) is 11.5 Å². The predicted molar refractivity (Wildman–Crippen MR) is 52.9 cm³/mol. The fourth-order valence-electron chi connectivity index (χ4n) is 1.49. The number of aromatic nitrogens is 1. The average Bonchev–Trinajstić information content (AvgIpc) is 2.61. The van der Waals surface area contributed by atoms with Gasteiger partial charge in [-0.2, -0.15) is 0 Å². The summed E-state index contributed by atoms with van der Waals surface area (Å²) in [4.78, 5) is 4.18. The van der Waals surface area contributed by atoms with Crippen LogP contribution in [0.4, 0.5) is 0 Å². The Morgan fingerprint density at radius 2 is 1.93 bits per heavy atom. The molecule has 14 heavy (non-hydrogen) atoms. The highest BCUT2D eigenvalue weighted by Gasteiger charge is 2.14. The lowest BCUT2D eigenvalue weighted by atomic mass is 10.2. The molecule has 1 aliphatic rings. The van der Waals surface area contributed by atoms with Gasteiger partial charge in [-0.1, -0.05) is 11.6 Å². The van der Waals surface area contributed by atoms with E-state index in [0.29, 0.717) is 5.15 Å². The van der Waals surface area contributed by atoms with Crippen LogP contribution in [-0.4, -0.2) is 11.8 Å². The zero-order valence-electron chi connectivity index (χ0n) is 7.16. The van der Waals surface area contributed by atoms with E-state index in [1.807, 2.05) is 18.2 Å². The summed E-state index contributed by atoms with van der Waals surface area (Å²) in [6, 6.07) is 7.41. The third kappa shape index (κ3) is 1.09. The maximum atomic E-state index is 5.79. The van der Waals surface area contributed by atoms with Gasteiger partial charge in [0.15, 0.2) is 11.5 Å². The summed E-state index contributed by atoms with van der Waals surface area (Å²) >= 11 is 5.79. The van der Waals surface area contributed by atoms with Crippen molar-refractivity contribution in [3.8, 4) is 11.5 Å². The van der Waals surface area contributed by atoms with Crippen molar-refractivity contribution in [1.29, 1.82) is 0 Å². The molecule has 2 heterocycles. The van der Waals surface area contributed by atoms with Crippen LogP contribution in [0.1, 0.15) is 0 Å². The molecule has 0 saturated carbocycles. The van der Waals surface area contributed by atoms with Gasteiger partial charge in [0.25, 0.3) is 0 Å². The number of fused-ring (bicyclic) bond motifs is 2. The lowest BCUT2D eigenvalue weighted by molar-refractivity contribution is 0.174. The fraction of sp³-hybridized carbons (Fsp3) is 0.100. The monoisotopic (exact) mass is 207 g/mol. The summed E-state index contributed by atoms with van der Waals surface area (Å²) in [5, 5.41) is 1.48. The Morgan fingerprint density at radius 1 is 1.14 bits per heavy atom. The fourth-order valence-corrected chi connectivity index (χ4v) is 1.64. The van der Waals surface area contributed by atoms with E-state index < -0.39 is 0 Å². The van der Waals surface area contributed by atoms with Crippen molar-refractivity contribution in [3.05, 3.63) is 29.4 Å². The molecule has 0 bridgehead atoms. The van der Waals surface area contributed by atoms with Crippen molar-refractivity contribution in [3.63, 3.8) is 0 Å². The third-order valence-corrected chi connectivity index (χ3v) is 2.36. The maximum Gasteiger partial charge on any atom is 0.231 e. The van der Waals surface area contributed by atoms with E-state index in [4.69, 9.17) is 21.1 Å². The smallest absolute Gasteiger partial charge is 0.231 e. The first kappa shape index (κ1) is 7.88. The van der Waals surface area contributed by atoms with Crippen LogP contribution in [0.15, 0.2) is 24.3 Å². The minimum absolute atomic E-state index is 0.277. The molecular formula is C10H6ClNO2. The quantitative estimate of drug-likeness (QED) is 0.623. The minimum Gasteiger partial charge on any atom is -0.454 e. The summed E-state index contributed by atoms with van der Waals surface area (Å²) in [7, 11) is 0. The highest BCUT2D eigenvalue weighted by Crippen LogP contribution is 2.35. The van der Waals surface area contributed by atoms with Crippen LogP contribution < -0.4 is 9.47 Å². The Labute approximate surface area is 85.2 Å². The molecule has 3 nitrogen and oxygen atoms in total. The normalized spacial score (nSPS) is 13.5. The average molecular weight is 208 g/mol. The van der Waals surface area contributed by atoms with Crippen LogP contribution >= 0.6 is 11.6 Å². The molecule has 1 aromatic heterocycles. The van der Waals surface area contributed by atoms with Gasteiger partial charge in [-0.25, -0.2) is 4.98 Å². The van der Waals surface area contributed by atoms with Gasteiger partial charge in [0.2, 0.25) is 6.79 Å². The second-order valence-electron chi connectivity index (χ2n) is 3.03. The Morgan fingerprint density at radius 3 is 2.79 bits per heavy atom. The standard InChI is InChI=1S/C10H6ClNO2/c11-10-2-1-6-3-8-9(14-5-13-8)4-7(6)12-10/h1-4H,5H2. The van der Waals surface area contributed by atoms with Gasteiger partial charge in [-0.05, 0) is 18.2 Å². The molecule has 2 aromatic rings. The predicted octanol–water partition coefficient (Wildman–Crippen LogP) is 2.62. The van der Waals surface area contributed by atoms with Gasteiger partial charge >= 0.3 is 0 Å². The van der Waals surface area contributed by atoms with Crippen LogP contribution in [0.3, 0.4) is 0 Å². The Balaban J connectivity index is 2.33. The van der Waals surface area contributed by atoms with Crippen molar-refractivity contribution in [1.82, 2.24) is 4.98 Å². The van der Waals surface area contributed by atoms with Crippen molar-refractivity contribution in [2.45, 2.75) is 0 Å². The third-order valence-electron chi connectivity index (χ3n) is 2.15. The molecule has 1 aliphatic heterocycles. The Kier molecular flexibility index (Phi) is 1.55. The molecule has 4 heteroatoms. The van der Waals surface area contributed by atoms with Crippen LogP contribution in [0.5, 0.6) is 11.5 Å². The number of hydrogen-bond donors (Lipinski definition) is 0. The molecule has 0 radical (unpaired) electrons. The number of nitrogens with zero attached hydrogens (tertiary/aromatic N) is 1. The minimum atomic E-state index is 0.277. The van der Waals surface area contributed by atoms with Crippen LogP contribution in [-0.2, 0) is 0 Å². The lowest BCUT2D eigenvalue weighted by Crippen LogP contribution is -1.92. The SMILES string of the molecule is Clc1ccc2cc3c(cc2n1)OCO3. The first-order chi connectivity index (χ1) is 6.83.